The molecular formula is C32H65IO8. The second kappa shape index (κ2) is 40.4. The lowest BCUT2D eigenvalue weighted by molar-refractivity contribution is -0.0228. The number of ether oxygens (including phenoxy) is 8. The van der Waals surface area contributed by atoms with E-state index >= 15 is 0 Å². The minimum atomic E-state index is 0.552. The van der Waals surface area contributed by atoms with E-state index in [9.17, 15) is 0 Å². The van der Waals surface area contributed by atoms with Crippen molar-refractivity contribution in [2.24, 2.45) is 0 Å². The molecular weight excluding hydrogens is 639 g/mol. The molecule has 0 rings (SSSR count). The van der Waals surface area contributed by atoms with Crippen LogP contribution >= 0.6 is 22.6 Å². The monoisotopic (exact) mass is 704 g/mol. The standard InChI is InChI=1S/C32H65IO8/c1-2-3-4-5-6-7-8-9-10-11-12-13-14-15-17-34-19-21-36-23-25-38-27-29-40-31-32-41-30-28-39-26-24-37-22-20-35-18-16-33/h2-32H2,1H3. The molecule has 0 atom stereocenters. The van der Waals surface area contributed by atoms with Gasteiger partial charge in [-0.05, 0) is 6.42 Å². The molecule has 0 aliphatic rings. The van der Waals surface area contributed by atoms with E-state index in [0.717, 1.165) is 24.1 Å². The first kappa shape index (κ1) is 41.4. The predicted molar refractivity (Wildman–Crippen MR) is 176 cm³/mol. The van der Waals surface area contributed by atoms with Crippen LogP contribution in [0.25, 0.3) is 0 Å². The van der Waals surface area contributed by atoms with Gasteiger partial charge < -0.3 is 37.9 Å². The number of halogens is 1. The van der Waals surface area contributed by atoms with Crippen LogP contribution in [0.5, 0.6) is 0 Å². The minimum absolute atomic E-state index is 0.552. The molecule has 0 heterocycles. The second-order valence-corrected chi connectivity index (χ2v) is 11.3. The molecule has 0 spiro atoms. The highest BCUT2D eigenvalue weighted by atomic mass is 127. The third-order valence-corrected chi connectivity index (χ3v) is 6.91. The zero-order valence-corrected chi connectivity index (χ0v) is 28.7. The van der Waals surface area contributed by atoms with Crippen molar-refractivity contribution in [1.82, 2.24) is 0 Å². The first-order chi connectivity index (χ1) is 20.4. The van der Waals surface area contributed by atoms with E-state index in [1.165, 1.54) is 83.5 Å². The maximum Gasteiger partial charge on any atom is 0.0701 e. The van der Waals surface area contributed by atoms with Crippen molar-refractivity contribution in [3.05, 3.63) is 0 Å². The van der Waals surface area contributed by atoms with Crippen molar-refractivity contribution in [2.75, 3.05) is 110 Å². The van der Waals surface area contributed by atoms with Gasteiger partial charge in [-0.3, -0.25) is 0 Å². The fraction of sp³-hybridized carbons (Fsp3) is 1.00. The molecule has 9 heteroatoms. The number of hydrogen-bond acceptors (Lipinski definition) is 8. The Hall–Kier alpha value is 0.410. The van der Waals surface area contributed by atoms with Gasteiger partial charge in [0.2, 0.25) is 0 Å². The molecule has 0 aromatic carbocycles. The molecule has 0 bridgehead atoms. The molecule has 0 saturated carbocycles. The zero-order valence-electron chi connectivity index (χ0n) is 26.6. The highest BCUT2D eigenvalue weighted by Gasteiger charge is 1.97. The van der Waals surface area contributed by atoms with Crippen molar-refractivity contribution in [1.29, 1.82) is 0 Å². The van der Waals surface area contributed by atoms with E-state index in [-0.39, 0.29) is 0 Å². The SMILES string of the molecule is CCCCCCCCCCCCCCCCOCCOCCOCCOCCOCCOCCOCCOCCI. The summed E-state index contributed by atoms with van der Waals surface area (Å²) in [6, 6.07) is 0. The van der Waals surface area contributed by atoms with E-state index in [4.69, 9.17) is 37.9 Å². The largest absolute Gasteiger partial charge is 0.379 e. The summed E-state index contributed by atoms with van der Waals surface area (Å²) in [7, 11) is 0. The lowest BCUT2D eigenvalue weighted by atomic mass is 10.0. The van der Waals surface area contributed by atoms with Crippen LogP contribution in [0.2, 0.25) is 0 Å². The zero-order chi connectivity index (χ0) is 29.6. The topological polar surface area (TPSA) is 73.8 Å². The van der Waals surface area contributed by atoms with Gasteiger partial charge in [0.25, 0.3) is 0 Å². The summed E-state index contributed by atoms with van der Waals surface area (Å²) in [5, 5.41) is 0. The van der Waals surface area contributed by atoms with Crippen LogP contribution in [-0.4, -0.2) is 110 Å². The van der Waals surface area contributed by atoms with Gasteiger partial charge in [0.05, 0.1) is 99.1 Å². The lowest BCUT2D eigenvalue weighted by Crippen LogP contribution is -2.15. The Balaban J connectivity index is 3.02. The van der Waals surface area contributed by atoms with Crippen LogP contribution in [0.3, 0.4) is 0 Å². The summed E-state index contributed by atoms with van der Waals surface area (Å²) in [6.07, 6.45) is 19.3. The molecule has 0 N–H and O–H groups in total. The normalized spacial score (nSPS) is 11.6. The van der Waals surface area contributed by atoms with E-state index in [1.807, 2.05) is 0 Å². The molecule has 0 unspecified atom stereocenters. The number of hydrogen-bond donors (Lipinski definition) is 0. The van der Waals surface area contributed by atoms with Crippen LogP contribution in [0.15, 0.2) is 0 Å². The van der Waals surface area contributed by atoms with Gasteiger partial charge in [0.15, 0.2) is 0 Å². The van der Waals surface area contributed by atoms with E-state index in [2.05, 4.69) is 29.5 Å². The molecule has 0 fully saturated rings. The van der Waals surface area contributed by atoms with Crippen molar-refractivity contribution < 1.29 is 37.9 Å². The molecule has 248 valence electrons. The highest BCUT2D eigenvalue weighted by Crippen LogP contribution is 2.12. The van der Waals surface area contributed by atoms with Crippen LogP contribution in [0.1, 0.15) is 96.8 Å². The average molecular weight is 705 g/mol. The molecule has 0 aliphatic heterocycles. The van der Waals surface area contributed by atoms with Gasteiger partial charge in [-0.25, -0.2) is 0 Å². The maximum absolute atomic E-state index is 5.67. The van der Waals surface area contributed by atoms with Crippen LogP contribution in [-0.2, 0) is 37.9 Å². The fourth-order valence-electron chi connectivity index (χ4n) is 4.09. The van der Waals surface area contributed by atoms with Gasteiger partial charge in [-0.15, -0.1) is 0 Å². The third kappa shape index (κ3) is 40.4. The van der Waals surface area contributed by atoms with E-state index in [1.54, 1.807) is 0 Å². The minimum Gasteiger partial charge on any atom is -0.379 e. The van der Waals surface area contributed by atoms with Crippen LogP contribution < -0.4 is 0 Å². The quantitative estimate of drug-likeness (QED) is 0.0386. The van der Waals surface area contributed by atoms with Crippen LogP contribution in [0.4, 0.5) is 0 Å². The highest BCUT2D eigenvalue weighted by molar-refractivity contribution is 14.1. The Labute approximate surface area is 266 Å². The van der Waals surface area contributed by atoms with Gasteiger partial charge >= 0.3 is 0 Å². The molecule has 0 aromatic heterocycles. The molecule has 41 heavy (non-hydrogen) atoms. The van der Waals surface area contributed by atoms with Crippen molar-refractivity contribution in [3.63, 3.8) is 0 Å². The Morgan fingerprint density at radius 1 is 0.268 bits per heavy atom. The summed E-state index contributed by atoms with van der Waals surface area (Å²) in [4.78, 5) is 0. The Bertz CT molecular complexity index is 410. The molecule has 0 amide bonds. The summed E-state index contributed by atoms with van der Waals surface area (Å²) < 4.78 is 44.9. The average Bonchev–Trinajstić information content (AvgIpc) is 2.98. The van der Waals surface area contributed by atoms with E-state index < -0.39 is 0 Å². The second-order valence-electron chi connectivity index (χ2n) is 10.2. The van der Waals surface area contributed by atoms with Gasteiger partial charge in [0, 0.05) is 11.0 Å². The fourth-order valence-corrected chi connectivity index (χ4v) is 4.41. The first-order valence-corrected chi connectivity index (χ1v) is 18.1. The molecule has 0 saturated heterocycles. The third-order valence-electron chi connectivity index (χ3n) is 6.47. The van der Waals surface area contributed by atoms with Gasteiger partial charge in [-0.2, -0.15) is 0 Å². The van der Waals surface area contributed by atoms with Crippen molar-refractivity contribution in [3.8, 4) is 0 Å². The number of rotatable bonds is 38. The summed E-state index contributed by atoms with van der Waals surface area (Å²) in [6.45, 7) is 12.1. The summed E-state index contributed by atoms with van der Waals surface area (Å²) >= 11 is 2.29. The summed E-state index contributed by atoms with van der Waals surface area (Å²) in [5.74, 6) is 0. The summed E-state index contributed by atoms with van der Waals surface area (Å²) in [5.41, 5.74) is 0. The smallest absolute Gasteiger partial charge is 0.0701 e. The van der Waals surface area contributed by atoms with Crippen molar-refractivity contribution >= 4 is 22.6 Å². The number of alkyl halides is 1. The molecule has 8 nitrogen and oxygen atoms in total. The predicted octanol–water partition coefficient (Wildman–Crippen LogP) is 7.04. The molecule has 0 aromatic rings. The van der Waals surface area contributed by atoms with E-state index in [0.29, 0.717) is 92.5 Å². The lowest BCUT2D eigenvalue weighted by Gasteiger charge is -2.08. The van der Waals surface area contributed by atoms with Crippen molar-refractivity contribution in [2.45, 2.75) is 96.8 Å². The Morgan fingerprint density at radius 3 is 0.756 bits per heavy atom. The maximum atomic E-state index is 5.67. The Morgan fingerprint density at radius 2 is 0.488 bits per heavy atom. The molecule has 0 radical (unpaired) electrons. The molecule has 0 aliphatic carbocycles. The number of unbranched alkanes of at least 4 members (excludes halogenated alkanes) is 13. The van der Waals surface area contributed by atoms with Gasteiger partial charge in [0.1, 0.15) is 0 Å². The Kier molecular flexibility index (Phi) is 40.8. The first-order valence-electron chi connectivity index (χ1n) is 16.6. The van der Waals surface area contributed by atoms with Crippen LogP contribution in [0, 0.1) is 0 Å². The van der Waals surface area contributed by atoms with Gasteiger partial charge in [-0.1, -0.05) is 113 Å².